The van der Waals surface area contributed by atoms with Crippen LogP contribution >= 0.6 is 0 Å². The summed E-state index contributed by atoms with van der Waals surface area (Å²) in [5.74, 6) is 1.15. The Morgan fingerprint density at radius 3 is 2.60 bits per heavy atom. The maximum absolute atomic E-state index is 13.1. The maximum Gasteiger partial charge on any atom is 0.416 e. The largest absolute Gasteiger partial charge is 0.464 e. The molecule has 0 saturated heterocycles. The highest BCUT2D eigenvalue weighted by molar-refractivity contribution is 5.92. The number of hydrogen-bond acceptors (Lipinski definition) is 4. The van der Waals surface area contributed by atoms with Gasteiger partial charge in [-0.25, -0.2) is 9.36 Å². The average Bonchev–Trinajstić information content (AvgIpc) is 3.03. The molecule has 6 heteroatoms. The van der Waals surface area contributed by atoms with E-state index in [1.165, 1.54) is 0 Å². The Kier molecular flexibility index (Phi) is 3.28. The minimum Gasteiger partial charge on any atom is -0.464 e. The van der Waals surface area contributed by atoms with Gasteiger partial charge < -0.3 is 14.6 Å². The van der Waals surface area contributed by atoms with Gasteiger partial charge in [0.15, 0.2) is 16.9 Å². The van der Waals surface area contributed by atoms with E-state index in [-0.39, 0.29) is 12.2 Å². The van der Waals surface area contributed by atoms with Crippen molar-refractivity contribution in [2.45, 2.75) is 13.8 Å². The molecule has 0 radical (unpaired) electrons. The lowest BCUT2D eigenvalue weighted by molar-refractivity contribution is 0.174. The molecule has 4 rings (SSSR count). The third-order valence-corrected chi connectivity index (χ3v) is 4.41. The van der Waals surface area contributed by atoms with Crippen LogP contribution in [0.3, 0.4) is 0 Å². The minimum atomic E-state index is -1.13. The zero-order chi connectivity index (χ0) is 17.7. The first-order chi connectivity index (χ1) is 12.0. The maximum atomic E-state index is 13.1. The van der Waals surface area contributed by atoms with E-state index in [0.29, 0.717) is 39.2 Å². The van der Waals surface area contributed by atoms with Crippen molar-refractivity contribution in [2.75, 3.05) is 6.79 Å². The summed E-state index contributed by atoms with van der Waals surface area (Å²) < 4.78 is 11.8. The van der Waals surface area contributed by atoms with E-state index >= 15 is 0 Å². The van der Waals surface area contributed by atoms with Crippen LogP contribution in [0, 0.1) is 13.8 Å². The number of aromatic nitrogens is 1. The Bertz CT molecular complexity index is 1100. The van der Waals surface area contributed by atoms with Gasteiger partial charge in [-0.15, -0.1) is 0 Å². The molecule has 1 aliphatic rings. The molecule has 0 atom stereocenters. The van der Waals surface area contributed by atoms with Crippen LogP contribution in [0.15, 0.2) is 41.2 Å². The van der Waals surface area contributed by atoms with Crippen LogP contribution in [-0.2, 0) is 0 Å². The summed E-state index contributed by atoms with van der Waals surface area (Å²) in [6.45, 7) is 3.63. The van der Waals surface area contributed by atoms with Gasteiger partial charge >= 0.3 is 6.09 Å². The normalized spacial score (nSPS) is 12.6. The number of carbonyl (C=O) groups is 1. The molecule has 0 saturated carbocycles. The van der Waals surface area contributed by atoms with Gasteiger partial charge in [0.1, 0.15) is 0 Å². The molecule has 1 N–H and O–H groups in total. The first kappa shape index (κ1) is 15.3. The molecule has 0 spiro atoms. The number of rotatable bonds is 1. The number of ether oxygens (including phenoxy) is 2. The molecule has 126 valence electrons. The molecular weight excluding hydrogens is 322 g/mol. The monoisotopic (exact) mass is 337 g/mol. The zero-order valence-corrected chi connectivity index (χ0v) is 13.7. The fourth-order valence-electron chi connectivity index (χ4n) is 3.26. The topological polar surface area (TPSA) is 77.8 Å². The first-order valence-electron chi connectivity index (χ1n) is 7.76. The summed E-state index contributed by atoms with van der Waals surface area (Å²) in [4.78, 5) is 24.9. The van der Waals surface area contributed by atoms with E-state index < -0.39 is 6.09 Å². The van der Waals surface area contributed by atoms with Crippen LogP contribution < -0.4 is 14.9 Å². The number of carboxylic acid groups (broad SMARTS) is 1. The second-order valence-electron chi connectivity index (χ2n) is 6.00. The van der Waals surface area contributed by atoms with E-state index in [0.717, 1.165) is 10.1 Å². The van der Waals surface area contributed by atoms with E-state index in [9.17, 15) is 14.7 Å². The average molecular weight is 337 g/mol. The van der Waals surface area contributed by atoms with Crippen LogP contribution in [0.1, 0.15) is 11.3 Å². The van der Waals surface area contributed by atoms with Crippen molar-refractivity contribution < 1.29 is 19.4 Å². The van der Waals surface area contributed by atoms with E-state index in [4.69, 9.17) is 9.47 Å². The van der Waals surface area contributed by atoms with Gasteiger partial charge in [-0.3, -0.25) is 4.79 Å². The zero-order valence-electron chi connectivity index (χ0n) is 13.7. The molecule has 1 aliphatic heterocycles. The molecule has 2 heterocycles. The predicted octanol–water partition coefficient (Wildman–Crippen LogP) is 3.54. The second kappa shape index (κ2) is 5.37. The summed E-state index contributed by atoms with van der Waals surface area (Å²) in [6.07, 6.45) is -1.13. The van der Waals surface area contributed by atoms with Crippen molar-refractivity contribution in [1.29, 1.82) is 0 Å². The van der Waals surface area contributed by atoms with E-state index in [1.807, 2.05) is 6.92 Å². The quantitative estimate of drug-likeness (QED) is 0.735. The van der Waals surface area contributed by atoms with Crippen LogP contribution in [0.4, 0.5) is 4.79 Å². The highest BCUT2D eigenvalue weighted by Crippen LogP contribution is 2.36. The molecule has 1 aromatic heterocycles. The summed E-state index contributed by atoms with van der Waals surface area (Å²) >= 11 is 0. The number of nitrogens with zero attached hydrogens (tertiary/aromatic N) is 1. The third kappa shape index (κ3) is 2.26. The van der Waals surface area contributed by atoms with Gasteiger partial charge in [0.2, 0.25) is 6.79 Å². The Balaban J connectivity index is 2.10. The molecule has 3 aromatic rings. The van der Waals surface area contributed by atoms with Gasteiger partial charge in [-0.1, -0.05) is 17.7 Å². The highest BCUT2D eigenvalue weighted by atomic mass is 16.7. The fourth-order valence-corrected chi connectivity index (χ4v) is 3.26. The van der Waals surface area contributed by atoms with Crippen LogP contribution in [0.25, 0.3) is 22.0 Å². The summed E-state index contributed by atoms with van der Waals surface area (Å²) in [6, 6.07) is 10.3. The lowest BCUT2D eigenvalue weighted by Gasteiger charge is -2.15. The number of hydrogen-bond donors (Lipinski definition) is 1. The minimum absolute atomic E-state index is 0.133. The second-order valence-corrected chi connectivity index (χ2v) is 6.00. The van der Waals surface area contributed by atoms with Crippen LogP contribution in [-0.4, -0.2) is 22.6 Å². The van der Waals surface area contributed by atoms with Crippen molar-refractivity contribution >= 4 is 17.0 Å². The Labute approximate surface area is 142 Å². The van der Waals surface area contributed by atoms with Gasteiger partial charge in [-0.05, 0) is 43.7 Å². The molecule has 0 fully saturated rings. The standard InChI is InChI=1S/C19H15NO5/c1-10-3-5-14-13(7-10)18(21)17(11(2)20(14)19(22)23)12-4-6-15-16(8-12)25-9-24-15/h3-8H,9H2,1-2H3,(H,22,23). The summed E-state index contributed by atoms with van der Waals surface area (Å²) in [5.41, 5.74) is 2.39. The van der Waals surface area contributed by atoms with Gasteiger partial charge in [0, 0.05) is 16.6 Å². The number of aryl methyl sites for hydroxylation is 1. The Morgan fingerprint density at radius 1 is 1.08 bits per heavy atom. The van der Waals surface area contributed by atoms with Crippen LogP contribution in [0.2, 0.25) is 0 Å². The smallest absolute Gasteiger partial charge is 0.416 e. The summed E-state index contributed by atoms with van der Waals surface area (Å²) in [7, 11) is 0. The molecule has 0 bridgehead atoms. The molecule has 25 heavy (non-hydrogen) atoms. The van der Waals surface area contributed by atoms with Crippen molar-refractivity contribution in [1.82, 2.24) is 4.57 Å². The van der Waals surface area contributed by atoms with E-state index in [2.05, 4.69) is 0 Å². The first-order valence-corrected chi connectivity index (χ1v) is 7.76. The van der Waals surface area contributed by atoms with Crippen molar-refractivity contribution in [2.24, 2.45) is 0 Å². The molecule has 0 amide bonds. The van der Waals surface area contributed by atoms with Crippen molar-refractivity contribution in [3.05, 3.63) is 57.9 Å². The van der Waals surface area contributed by atoms with Crippen molar-refractivity contribution in [3.63, 3.8) is 0 Å². The molecule has 6 nitrogen and oxygen atoms in total. The number of fused-ring (bicyclic) bond motifs is 2. The summed E-state index contributed by atoms with van der Waals surface area (Å²) in [5, 5.41) is 10.0. The third-order valence-electron chi connectivity index (χ3n) is 4.41. The highest BCUT2D eigenvalue weighted by Gasteiger charge is 2.21. The van der Waals surface area contributed by atoms with Gasteiger partial charge in [0.05, 0.1) is 5.52 Å². The molecule has 0 unspecified atom stereocenters. The van der Waals surface area contributed by atoms with Gasteiger partial charge in [0.25, 0.3) is 0 Å². The van der Waals surface area contributed by atoms with Gasteiger partial charge in [-0.2, -0.15) is 0 Å². The SMILES string of the molecule is Cc1ccc2c(c1)c(=O)c(-c1ccc3c(c1)OCO3)c(C)n2C(=O)O. The lowest BCUT2D eigenvalue weighted by atomic mass is 9.99. The Hall–Kier alpha value is -3.28. The molecule has 0 aliphatic carbocycles. The van der Waals surface area contributed by atoms with E-state index in [1.54, 1.807) is 43.3 Å². The van der Waals surface area contributed by atoms with Crippen LogP contribution in [0.5, 0.6) is 11.5 Å². The van der Waals surface area contributed by atoms with Crippen molar-refractivity contribution in [3.8, 4) is 22.6 Å². The molecular formula is C19H15NO5. The lowest BCUT2D eigenvalue weighted by Crippen LogP contribution is -2.20. The Morgan fingerprint density at radius 2 is 1.84 bits per heavy atom. The number of pyridine rings is 1. The number of benzene rings is 2. The molecule has 2 aromatic carbocycles. The fraction of sp³-hybridized carbons (Fsp3) is 0.158. The predicted molar refractivity (Wildman–Crippen MR) is 92.7 cm³/mol.